The molecule has 1 N–H and O–H groups in total. The first-order chi connectivity index (χ1) is 11.6. The Balaban J connectivity index is 1.80. The molecule has 0 saturated carbocycles. The fraction of sp³-hybridized carbons (Fsp3) is 0.421. The lowest BCUT2D eigenvalue weighted by atomic mass is 9.96. The molecule has 0 bridgehead atoms. The molecule has 2 aromatic rings. The Bertz CT molecular complexity index is 735. The maximum atomic E-state index is 11.6. The number of carbonyl (C=O) groups excluding carboxylic acids is 1. The van der Waals surface area contributed by atoms with Gasteiger partial charge in [0.15, 0.2) is 0 Å². The topological polar surface area (TPSA) is 59.0 Å². The molecule has 1 heterocycles. The van der Waals surface area contributed by atoms with Gasteiger partial charge in [-0.1, -0.05) is 12.1 Å². The van der Waals surface area contributed by atoms with Crippen LogP contribution < -0.4 is 4.74 Å². The third-order valence-corrected chi connectivity index (χ3v) is 4.82. The Morgan fingerprint density at radius 1 is 1.21 bits per heavy atom. The summed E-state index contributed by atoms with van der Waals surface area (Å²) in [5.41, 5.74) is 0.905. The summed E-state index contributed by atoms with van der Waals surface area (Å²) in [4.78, 5) is 13.9. The summed E-state index contributed by atoms with van der Waals surface area (Å²) in [5, 5.41) is 12.4. The Morgan fingerprint density at radius 2 is 1.92 bits per heavy atom. The number of ether oxygens (including phenoxy) is 2. The summed E-state index contributed by atoms with van der Waals surface area (Å²) in [5.74, 6) is 0.949. The van der Waals surface area contributed by atoms with Gasteiger partial charge in [0.05, 0.1) is 20.1 Å². The van der Waals surface area contributed by atoms with Crippen molar-refractivity contribution in [3.8, 4) is 11.5 Å². The molecule has 24 heavy (non-hydrogen) atoms. The van der Waals surface area contributed by atoms with Crippen LogP contribution >= 0.6 is 0 Å². The predicted molar refractivity (Wildman–Crippen MR) is 92.2 cm³/mol. The van der Waals surface area contributed by atoms with E-state index in [9.17, 15) is 9.90 Å². The van der Waals surface area contributed by atoms with Crippen LogP contribution in [0.2, 0.25) is 0 Å². The Labute approximate surface area is 141 Å². The monoisotopic (exact) mass is 329 g/mol. The first-order valence-corrected chi connectivity index (χ1v) is 8.21. The average molecular weight is 329 g/mol. The zero-order valence-electron chi connectivity index (χ0n) is 14.1. The van der Waals surface area contributed by atoms with Crippen LogP contribution in [0.25, 0.3) is 10.8 Å². The van der Waals surface area contributed by atoms with E-state index in [2.05, 4.69) is 4.90 Å². The highest BCUT2D eigenvalue weighted by Gasteiger charge is 2.26. The molecule has 1 aliphatic rings. The Morgan fingerprint density at radius 3 is 2.58 bits per heavy atom. The standard InChI is InChI=1S/C19H23NO4/c1-23-15-5-3-13-4-6-18(21)17(16(13)11-15)12-20-9-7-14(8-10-20)19(22)24-2/h3-6,11,14,21H,7-10,12H2,1-2H3. The van der Waals surface area contributed by atoms with E-state index in [1.165, 1.54) is 7.11 Å². The van der Waals surface area contributed by atoms with Crippen LogP contribution in [0.5, 0.6) is 11.5 Å². The van der Waals surface area contributed by atoms with Gasteiger partial charge in [-0.3, -0.25) is 9.69 Å². The second-order valence-corrected chi connectivity index (χ2v) is 6.22. The highest BCUT2D eigenvalue weighted by Crippen LogP contribution is 2.32. The van der Waals surface area contributed by atoms with Crippen LogP contribution in [-0.4, -0.2) is 43.3 Å². The van der Waals surface area contributed by atoms with Crippen LogP contribution in [0.3, 0.4) is 0 Å². The molecule has 1 aliphatic heterocycles. The van der Waals surface area contributed by atoms with E-state index < -0.39 is 0 Å². The van der Waals surface area contributed by atoms with Crippen LogP contribution in [0.4, 0.5) is 0 Å². The summed E-state index contributed by atoms with van der Waals surface area (Å²) < 4.78 is 10.1. The number of aromatic hydroxyl groups is 1. The van der Waals surface area contributed by atoms with Gasteiger partial charge in [-0.2, -0.15) is 0 Å². The molecule has 0 aliphatic carbocycles. The molecule has 1 saturated heterocycles. The quantitative estimate of drug-likeness (QED) is 0.874. The summed E-state index contributed by atoms with van der Waals surface area (Å²) in [6.45, 7) is 2.29. The van der Waals surface area contributed by atoms with E-state index in [1.54, 1.807) is 13.2 Å². The van der Waals surface area contributed by atoms with Gasteiger partial charge in [0.25, 0.3) is 0 Å². The van der Waals surface area contributed by atoms with Gasteiger partial charge in [0, 0.05) is 12.1 Å². The second-order valence-electron chi connectivity index (χ2n) is 6.22. The van der Waals surface area contributed by atoms with E-state index in [-0.39, 0.29) is 11.9 Å². The molecule has 0 unspecified atom stereocenters. The predicted octanol–water partition coefficient (Wildman–Crippen LogP) is 2.94. The van der Waals surface area contributed by atoms with Crippen LogP contribution in [0.1, 0.15) is 18.4 Å². The molecule has 128 valence electrons. The molecule has 0 atom stereocenters. The maximum absolute atomic E-state index is 11.6. The number of carbonyl (C=O) groups is 1. The molecule has 3 rings (SSSR count). The molecule has 0 radical (unpaired) electrons. The van der Waals surface area contributed by atoms with Crippen LogP contribution in [0, 0.1) is 5.92 Å². The lowest BCUT2D eigenvalue weighted by Gasteiger charge is -2.31. The summed E-state index contributed by atoms with van der Waals surface area (Å²) in [7, 11) is 3.08. The lowest BCUT2D eigenvalue weighted by Crippen LogP contribution is -2.36. The summed E-state index contributed by atoms with van der Waals surface area (Å²) in [6.07, 6.45) is 1.59. The molecule has 5 heteroatoms. The number of likely N-dealkylation sites (tertiary alicyclic amines) is 1. The van der Waals surface area contributed by atoms with Crippen molar-refractivity contribution in [2.75, 3.05) is 27.3 Å². The fourth-order valence-electron chi connectivity index (χ4n) is 3.36. The molecule has 1 fully saturated rings. The second kappa shape index (κ2) is 7.09. The highest BCUT2D eigenvalue weighted by atomic mass is 16.5. The van der Waals surface area contributed by atoms with Crippen molar-refractivity contribution in [1.82, 2.24) is 4.90 Å². The first kappa shape index (κ1) is 16.6. The van der Waals surface area contributed by atoms with Gasteiger partial charge in [-0.25, -0.2) is 0 Å². The number of fused-ring (bicyclic) bond motifs is 1. The van der Waals surface area contributed by atoms with Gasteiger partial charge in [0.2, 0.25) is 0 Å². The van der Waals surface area contributed by atoms with E-state index >= 15 is 0 Å². The van der Waals surface area contributed by atoms with Crippen molar-refractivity contribution in [3.63, 3.8) is 0 Å². The lowest BCUT2D eigenvalue weighted by molar-refractivity contribution is -0.147. The molecular formula is C19H23NO4. The first-order valence-electron chi connectivity index (χ1n) is 8.21. The van der Waals surface area contributed by atoms with Crippen LogP contribution in [0.15, 0.2) is 30.3 Å². The fourth-order valence-corrected chi connectivity index (χ4v) is 3.36. The molecule has 0 amide bonds. The van der Waals surface area contributed by atoms with Crippen molar-refractivity contribution in [3.05, 3.63) is 35.9 Å². The van der Waals surface area contributed by atoms with Gasteiger partial charge >= 0.3 is 5.97 Å². The van der Waals surface area contributed by atoms with E-state index in [4.69, 9.17) is 9.47 Å². The Hall–Kier alpha value is -2.27. The van der Waals surface area contributed by atoms with E-state index in [0.29, 0.717) is 12.3 Å². The van der Waals surface area contributed by atoms with Crippen molar-refractivity contribution >= 4 is 16.7 Å². The maximum Gasteiger partial charge on any atom is 0.308 e. The Kier molecular flexibility index (Phi) is 4.90. The number of phenolic OH excluding ortho intramolecular Hbond substituents is 1. The number of esters is 1. The van der Waals surface area contributed by atoms with Crippen molar-refractivity contribution in [2.45, 2.75) is 19.4 Å². The summed E-state index contributed by atoms with van der Waals surface area (Å²) >= 11 is 0. The third-order valence-electron chi connectivity index (χ3n) is 4.82. The number of rotatable bonds is 4. The number of benzene rings is 2. The van der Waals surface area contributed by atoms with Gasteiger partial charge in [-0.15, -0.1) is 0 Å². The average Bonchev–Trinajstić information content (AvgIpc) is 2.63. The SMILES string of the molecule is COC(=O)C1CCN(Cc2c(O)ccc3ccc(OC)cc23)CC1. The van der Waals surface area contributed by atoms with Gasteiger partial charge in [-0.05, 0) is 54.9 Å². The molecule has 0 spiro atoms. The van der Waals surface area contributed by atoms with Gasteiger partial charge < -0.3 is 14.6 Å². The van der Waals surface area contributed by atoms with Crippen molar-refractivity contribution in [2.24, 2.45) is 5.92 Å². The number of hydrogen-bond acceptors (Lipinski definition) is 5. The van der Waals surface area contributed by atoms with Crippen molar-refractivity contribution in [1.29, 1.82) is 0 Å². The minimum absolute atomic E-state index is 0.00698. The number of piperidine rings is 1. The van der Waals surface area contributed by atoms with E-state index in [1.807, 2.05) is 24.3 Å². The number of hydrogen-bond donors (Lipinski definition) is 1. The number of phenols is 1. The zero-order valence-corrected chi connectivity index (χ0v) is 14.1. The molecule has 2 aromatic carbocycles. The molecular weight excluding hydrogens is 306 g/mol. The third kappa shape index (κ3) is 3.31. The normalized spacial score (nSPS) is 16.2. The van der Waals surface area contributed by atoms with E-state index in [0.717, 1.165) is 48.0 Å². The minimum Gasteiger partial charge on any atom is -0.508 e. The minimum atomic E-state index is -0.118. The van der Waals surface area contributed by atoms with Gasteiger partial charge in [0.1, 0.15) is 11.5 Å². The molecule has 0 aromatic heterocycles. The van der Waals surface area contributed by atoms with Crippen molar-refractivity contribution < 1.29 is 19.4 Å². The number of nitrogens with zero attached hydrogens (tertiary/aromatic N) is 1. The molecule has 5 nitrogen and oxygen atoms in total. The highest BCUT2D eigenvalue weighted by molar-refractivity contribution is 5.89. The largest absolute Gasteiger partial charge is 0.508 e. The number of methoxy groups -OCH3 is 2. The summed E-state index contributed by atoms with van der Waals surface area (Å²) in [6, 6.07) is 9.54. The smallest absolute Gasteiger partial charge is 0.308 e. The van der Waals surface area contributed by atoms with Crippen LogP contribution in [-0.2, 0) is 16.1 Å². The zero-order chi connectivity index (χ0) is 17.1.